The van der Waals surface area contributed by atoms with Gasteiger partial charge in [0, 0.05) is 57.0 Å². The molecule has 2 heterocycles. The number of amides is 1. The Kier molecular flexibility index (Phi) is 5.62. The van der Waals surface area contributed by atoms with Gasteiger partial charge in [0.1, 0.15) is 16.4 Å². The highest BCUT2D eigenvalue weighted by atomic mass is 32.2. The zero-order valence-corrected chi connectivity index (χ0v) is 18.0. The van der Waals surface area contributed by atoms with E-state index in [2.05, 4.69) is 4.90 Å². The number of hydrogen-bond donors (Lipinski definition) is 0. The molecule has 0 bridgehead atoms. The van der Waals surface area contributed by atoms with Crippen LogP contribution >= 0.6 is 0 Å². The fourth-order valence-electron chi connectivity index (χ4n) is 4.53. The van der Waals surface area contributed by atoms with Gasteiger partial charge in [-0.2, -0.15) is 4.31 Å². The maximum atomic E-state index is 13.5. The Morgan fingerprint density at radius 3 is 2.50 bits per heavy atom. The monoisotopic (exact) mass is 411 g/mol. The number of fused-ring (bicyclic) bond motifs is 1. The Labute approximate surface area is 167 Å². The molecule has 8 nitrogen and oxygen atoms in total. The highest BCUT2D eigenvalue weighted by Crippen LogP contribution is 2.45. The summed E-state index contributed by atoms with van der Waals surface area (Å²) >= 11 is 0. The van der Waals surface area contributed by atoms with Crippen molar-refractivity contribution in [3.63, 3.8) is 0 Å². The third-order valence-electron chi connectivity index (χ3n) is 5.79. The standard InChI is InChI=1S/C19H29N3O5S/c1-14(23)21-9-15-10-22(13-19(15,12-21)11-20(2)3)28(24,25)18-8-16(26-4)6-7-17(18)27-5/h6-8,15H,9-13H2,1-5H3/t15-,19+/m0/s1. The summed E-state index contributed by atoms with van der Waals surface area (Å²) in [4.78, 5) is 15.9. The maximum Gasteiger partial charge on any atom is 0.246 e. The Balaban J connectivity index is 1.95. The minimum atomic E-state index is -3.76. The van der Waals surface area contributed by atoms with E-state index in [9.17, 15) is 13.2 Å². The molecule has 1 aromatic rings. The molecule has 2 fully saturated rings. The molecule has 0 aliphatic carbocycles. The molecule has 1 aromatic carbocycles. The number of methoxy groups -OCH3 is 2. The van der Waals surface area contributed by atoms with E-state index in [1.54, 1.807) is 19.1 Å². The molecule has 28 heavy (non-hydrogen) atoms. The minimum Gasteiger partial charge on any atom is -0.497 e. The van der Waals surface area contributed by atoms with Crippen LogP contribution in [0.3, 0.4) is 0 Å². The van der Waals surface area contributed by atoms with Gasteiger partial charge in [0.2, 0.25) is 15.9 Å². The first-order chi connectivity index (χ1) is 13.1. The van der Waals surface area contributed by atoms with Crippen LogP contribution in [0.2, 0.25) is 0 Å². The van der Waals surface area contributed by atoms with Crippen molar-refractivity contribution in [2.75, 3.05) is 61.0 Å². The number of carbonyl (C=O) groups excluding carboxylic acids is 1. The number of sulfonamides is 1. The lowest BCUT2D eigenvalue weighted by molar-refractivity contribution is -0.128. The fraction of sp³-hybridized carbons (Fsp3) is 0.632. The summed E-state index contributed by atoms with van der Waals surface area (Å²) in [5.41, 5.74) is -0.270. The summed E-state index contributed by atoms with van der Waals surface area (Å²) in [6, 6.07) is 4.79. The van der Waals surface area contributed by atoms with Crippen LogP contribution in [-0.4, -0.2) is 89.5 Å². The average molecular weight is 412 g/mol. The molecule has 2 aliphatic heterocycles. The van der Waals surface area contributed by atoms with Crippen LogP contribution in [0.25, 0.3) is 0 Å². The number of ether oxygens (including phenoxy) is 2. The van der Waals surface area contributed by atoms with Crippen LogP contribution in [-0.2, 0) is 14.8 Å². The molecule has 1 amide bonds. The van der Waals surface area contributed by atoms with Crippen LogP contribution in [0.1, 0.15) is 6.92 Å². The highest BCUT2D eigenvalue weighted by molar-refractivity contribution is 7.89. The van der Waals surface area contributed by atoms with Gasteiger partial charge in [-0.1, -0.05) is 0 Å². The Hall–Kier alpha value is -1.84. The van der Waals surface area contributed by atoms with Gasteiger partial charge in [-0.15, -0.1) is 0 Å². The van der Waals surface area contributed by atoms with Gasteiger partial charge in [0.25, 0.3) is 0 Å². The smallest absolute Gasteiger partial charge is 0.246 e. The SMILES string of the molecule is COc1ccc(OC)c(S(=O)(=O)N2C[C@@H]3CN(C(C)=O)C[C@]3(CN(C)C)C2)c1. The lowest BCUT2D eigenvalue weighted by atomic mass is 9.80. The first-order valence-electron chi connectivity index (χ1n) is 9.25. The Morgan fingerprint density at radius 1 is 1.21 bits per heavy atom. The number of likely N-dealkylation sites (tertiary alicyclic amines) is 1. The van der Waals surface area contributed by atoms with E-state index in [0.717, 1.165) is 6.54 Å². The molecule has 0 saturated carbocycles. The molecule has 2 atom stereocenters. The molecule has 0 unspecified atom stereocenters. The largest absolute Gasteiger partial charge is 0.497 e. The predicted molar refractivity (Wildman–Crippen MR) is 105 cm³/mol. The first-order valence-corrected chi connectivity index (χ1v) is 10.7. The first kappa shape index (κ1) is 20.9. The lowest BCUT2D eigenvalue weighted by Crippen LogP contribution is -2.43. The minimum absolute atomic E-state index is 0.0383. The molecule has 0 N–H and O–H groups in total. The fourth-order valence-corrected chi connectivity index (χ4v) is 6.28. The van der Waals surface area contributed by atoms with E-state index in [0.29, 0.717) is 37.7 Å². The second-order valence-electron chi connectivity index (χ2n) is 8.01. The topological polar surface area (TPSA) is 79.4 Å². The van der Waals surface area contributed by atoms with Gasteiger partial charge >= 0.3 is 0 Å². The number of carbonyl (C=O) groups is 1. The summed E-state index contributed by atoms with van der Waals surface area (Å²) in [6.45, 7) is 4.22. The van der Waals surface area contributed by atoms with E-state index in [1.165, 1.54) is 24.6 Å². The lowest BCUT2D eigenvalue weighted by Gasteiger charge is -2.32. The molecule has 2 saturated heterocycles. The molecule has 156 valence electrons. The van der Waals surface area contributed by atoms with Crippen molar-refractivity contribution in [3.05, 3.63) is 18.2 Å². The van der Waals surface area contributed by atoms with Crippen LogP contribution in [0.15, 0.2) is 23.1 Å². The van der Waals surface area contributed by atoms with Crippen molar-refractivity contribution >= 4 is 15.9 Å². The molecule has 9 heteroatoms. The second-order valence-corrected chi connectivity index (χ2v) is 9.92. The average Bonchev–Trinajstić information content (AvgIpc) is 3.14. The van der Waals surface area contributed by atoms with Crippen LogP contribution in [0.5, 0.6) is 11.5 Å². The van der Waals surface area contributed by atoms with Gasteiger partial charge in [-0.25, -0.2) is 8.42 Å². The molecular formula is C19H29N3O5S. The zero-order chi connectivity index (χ0) is 20.7. The van der Waals surface area contributed by atoms with Crippen molar-refractivity contribution in [1.29, 1.82) is 0 Å². The number of hydrogen-bond acceptors (Lipinski definition) is 6. The van der Waals surface area contributed by atoms with Crippen molar-refractivity contribution < 1.29 is 22.7 Å². The van der Waals surface area contributed by atoms with Crippen molar-refractivity contribution in [1.82, 2.24) is 14.1 Å². The van der Waals surface area contributed by atoms with Crippen LogP contribution in [0.4, 0.5) is 0 Å². The summed E-state index contributed by atoms with van der Waals surface area (Å²) in [7, 11) is 3.15. The van der Waals surface area contributed by atoms with Gasteiger partial charge in [0.05, 0.1) is 14.2 Å². The highest BCUT2D eigenvalue weighted by Gasteiger charge is 2.55. The maximum absolute atomic E-state index is 13.5. The molecule has 0 aromatic heterocycles. The van der Waals surface area contributed by atoms with Gasteiger partial charge in [-0.3, -0.25) is 4.79 Å². The summed E-state index contributed by atoms with van der Waals surface area (Å²) < 4.78 is 39.0. The normalized spacial score (nSPS) is 25.2. The number of rotatable bonds is 6. The van der Waals surface area contributed by atoms with Crippen molar-refractivity contribution in [2.45, 2.75) is 11.8 Å². The molecular weight excluding hydrogens is 382 g/mol. The summed E-state index contributed by atoms with van der Waals surface area (Å²) in [6.07, 6.45) is 0. The van der Waals surface area contributed by atoms with E-state index in [1.807, 2.05) is 19.0 Å². The number of benzene rings is 1. The quantitative estimate of drug-likeness (QED) is 0.687. The van der Waals surface area contributed by atoms with Crippen molar-refractivity contribution in [2.24, 2.45) is 11.3 Å². The Bertz CT molecular complexity index is 857. The zero-order valence-electron chi connectivity index (χ0n) is 17.1. The van der Waals surface area contributed by atoms with Crippen LogP contribution in [0, 0.1) is 11.3 Å². The van der Waals surface area contributed by atoms with E-state index in [-0.39, 0.29) is 22.1 Å². The second kappa shape index (κ2) is 7.53. The molecule has 3 rings (SSSR count). The van der Waals surface area contributed by atoms with E-state index < -0.39 is 10.0 Å². The Morgan fingerprint density at radius 2 is 1.93 bits per heavy atom. The van der Waals surface area contributed by atoms with Gasteiger partial charge in [0.15, 0.2) is 0 Å². The van der Waals surface area contributed by atoms with E-state index >= 15 is 0 Å². The predicted octanol–water partition coefficient (Wildman–Crippen LogP) is 0.734. The molecule has 2 aliphatic rings. The summed E-state index contributed by atoms with van der Waals surface area (Å²) in [5.74, 6) is 0.899. The summed E-state index contributed by atoms with van der Waals surface area (Å²) in [5, 5.41) is 0. The third-order valence-corrected chi connectivity index (χ3v) is 7.63. The number of nitrogens with zero attached hydrogens (tertiary/aromatic N) is 3. The van der Waals surface area contributed by atoms with Gasteiger partial charge < -0.3 is 19.3 Å². The van der Waals surface area contributed by atoms with Crippen molar-refractivity contribution in [3.8, 4) is 11.5 Å². The third kappa shape index (κ3) is 3.58. The molecule has 0 radical (unpaired) electrons. The van der Waals surface area contributed by atoms with E-state index in [4.69, 9.17) is 9.47 Å². The molecule has 0 spiro atoms. The van der Waals surface area contributed by atoms with Gasteiger partial charge in [-0.05, 0) is 26.2 Å². The van der Waals surface area contributed by atoms with Crippen LogP contribution < -0.4 is 9.47 Å².